The summed E-state index contributed by atoms with van der Waals surface area (Å²) in [6.07, 6.45) is 3.13. The maximum Gasteiger partial charge on any atom is 0.163 e. The normalized spacial score (nSPS) is 18.3. The van der Waals surface area contributed by atoms with Crippen LogP contribution in [-0.4, -0.2) is 14.2 Å². The molecule has 0 saturated carbocycles. The van der Waals surface area contributed by atoms with E-state index in [0.29, 0.717) is 0 Å². The van der Waals surface area contributed by atoms with Gasteiger partial charge in [0.05, 0.1) is 14.2 Å². The fourth-order valence-electron chi connectivity index (χ4n) is 2.37. The molecule has 1 aromatic carbocycles. The van der Waals surface area contributed by atoms with Crippen LogP contribution in [0, 0.1) is 5.41 Å². The molecule has 0 aliphatic heterocycles. The third-order valence-corrected chi connectivity index (χ3v) is 3.18. The first-order valence-electron chi connectivity index (χ1n) is 6.17. The first-order chi connectivity index (χ1) is 8.57. The molecule has 0 unspecified atom stereocenters. The fourth-order valence-corrected chi connectivity index (χ4v) is 2.37. The van der Waals surface area contributed by atoms with Crippen molar-refractivity contribution >= 4 is 5.57 Å². The Balaban J connectivity index is 2.54. The summed E-state index contributed by atoms with van der Waals surface area (Å²) in [5.74, 6) is 1.77. The van der Waals surface area contributed by atoms with Gasteiger partial charge in [-0.2, -0.15) is 0 Å². The summed E-state index contributed by atoms with van der Waals surface area (Å²) >= 11 is 0. The van der Waals surface area contributed by atoms with Crippen molar-refractivity contribution in [1.29, 1.82) is 0 Å². The Kier molecular flexibility index (Phi) is 3.46. The van der Waals surface area contributed by atoms with Crippen LogP contribution in [0.3, 0.4) is 0 Å². The Bertz CT molecular complexity index is 481. The van der Waals surface area contributed by atoms with E-state index in [2.05, 4.69) is 32.1 Å². The van der Waals surface area contributed by atoms with Gasteiger partial charge in [0, 0.05) is 12.0 Å². The van der Waals surface area contributed by atoms with Gasteiger partial charge in [-0.05, 0) is 11.0 Å². The SMILES string of the molecule is COC1=C(OC)C(c2ccccc2)=CC(C)(C)C1. The molecule has 0 atom stereocenters. The van der Waals surface area contributed by atoms with Gasteiger partial charge in [0.15, 0.2) is 5.76 Å². The molecule has 0 radical (unpaired) electrons. The summed E-state index contributed by atoms with van der Waals surface area (Å²) in [7, 11) is 3.40. The van der Waals surface area contributed by atoms with Gasteiger partial charge in [-0.3, -0.25) is 0 Å². The lowest BCUT2D eigenvalue weighted by Gasteiger charge is -2.30. The molecule has 1 aliphatic carbocycles. The van der Waals surface area contributed by atoms with E-state index in [0.717, 1.165) is 29.1 Å². The average Bonchev–Trinajstić information content (AvgIpc) is 2.38. The highest BCUT2D eigenvalue weighted by Crippen LogP contribution is 2.41. The van der Waals surface area contributed by atoms with Crippen LogP contribution in [0.1, 0.15) is 25.8 Å². The van der Waals surface area contributed by atoms with Gasteiger partial charge in [-0.25, -0.2) is 0 Å². The van der Waals surface area contributed by atoms with Crippen LogP contribution in [0.4, 0.5) is 0 Å². The van der Waals surface area contributed by atoms with Gasteiger partial charge in [0.2, 0.25) is 0 Å². The first-order valence-corrected chi connectivity index (χ1v) is 6.17. The largest absolute Gasteiger partial charge is 0.497 e. The van der Waals surface area contributed by atoms with Crippen molar-refractivity contribution in [2.24, 2.45) is 5.41 Å². The Hall–Kier alpha value is -1.70. The minimum atomic E-state index is 0.0819. The predicted molar refractivity (Wildman–Crippen MR) is 73.9 cm³/mol. The fraction of sp³-hybridized carbons (Fsp3) is 0.375. The third-order valence-electron chi connectivity index (χ3n) is 3.18. The Morgan fingerprint density at radius 2 is 1.67 bits per heavy atom. The summed E-state index contributed by atoms with van der Waals surface area (Å²) in [4.78, 5) is 0. The van der Waals surface area contributed by atoms with Crippen LogP contribution >= 0.6 is 0 Å². The van der Waals surface area contributed by atoms with Crippen molar-refractivity contribution in [3.63, 3.8) is 0 Å². The number of rotatable bonds is 3. The van der Waals surface area contributed by atoms with Gasteiger partial charge < -0.3 is 9.47 Å². The van der Waals surface area contributed by atoms with Gasteiger partial charge in [0.25, 0.3) is 0 Å². The van der Waals surface area contributed by atoms with E-state index in [1.807, 2.05) is 18.2 Å². The lowest BCUT2D eigenvalue weighted by molar-refractivity contribution is 0.199. The number of benzene rings is 1. The molecule has 0 saturated heterocycles. The lowest BCUT2D eigenvalue weighted by Crippen LogP contribution is -2.18. The summed E-state index contributed by atoms with van der Waals surface area (Å²) in [6.45, 7) is 4.42. The van der Waals surface area contributed by atoms with Crippen LogP contribution < -0.4 is 0 Å². The Morgan fingerprint density at radius 3 is 2.22 bits per heavy atom. The van der Waals surface area contributed by atoms with Crippen LogP contribution in [0.5, 0.6) is 0 Å². The van der Waals surface area contributed by atoms with Crippen molar-refractivity contribution in [3.8, 4) is 0 Å². The van der Waals surface area contributed by atoms with E-state index in [1.165, 1.54) is 0 Å². The summed E-state index contributed by atoms with van der Waals surface area (Å²) < 4.78 is 11.0. The summed E-state index contributed by atoms with van der Waals surface area (Å²) in [5.41, 5.74) is 2.36. The summed E-state index contributed by atoms with van der Waals surface area (Å²) in [5, 5.41) is 0. The summed E-state index contributed by atoms with van der Waals surface area (Å²) in [6, 6.07) is 10.3. The zero-order chi connectivity index (χ0) is 13.2. The second-order valence-corrected chi connectivity index (χ2v) is 5.25. The van der Waals surface area contributed by atoms with Gasteiger partial charge in [0.1, 0.15) is 5.76 Å². The second-order valence-electron chi connectivity index (χ2n) is 5.25. The molecule has 96 valence electrons. The first kappa shape index (κ1) is 12.7. The molecule has 18 heavy (non-hydrogen) atoms. The predicted octanol–water partition coefficient (Wildman–Crippen LogP) is 4.00. The molecule has 0 heterocycles. The molecule has 0 bridgehead atoms. The van der Waals surface area contributed by atoms with Gasteiger partial charge in [-0.1, -0.05) is 50.3 Å². The molecule has 2 rings (SSSR count). The zero-order valence-electron chi connectivity index (χ0n) is 11.5. The minimum Gasteiger partial charge on any atom is -0.497 e. The molecule has 1 aromatic rings. The maximum atomic E-state index is 5.54. The molecule has 0 fully saturated rings. The van der Waals surface area contributed by atoms with Crippen LogP contribution in [0.15, 0.2) is 47.9 Å². The number of allylic oxidation sites excluding steroid dienone is 3. The van der Waals surface area contributed by atoms with Crippen LogP contribution in [0.25, 0.3) is 5.57 Å². The van der Waals surface area contributed by atoms with E-state index in [4.69, 9.17) is 9.47 Å². The van der Waals surface area contributed by atoms with Crippen LogP contribution in [0.2, 0.25) is 0 Å². The van der Waals surface area contributed by atoms with Gasteiger partial charge >= 0.3 is 0 Å². The van der Waals surface area contributed by atoms with E-state index in [-0.39, 0.29) is 5.41 Å². The second kappa shape index (κ2) is 4.89. The number of hydrogen-bond acceptors (Lipinski definition) is 2. The molecule has 1 aliphatic rings. The maximum absolute atomic E-state index is 5.54. The number of ether oxygens (including phenoxy) is 2. The quantitative estimate of drug-likeness (QED) is 0.800. The molecule has 0 N–H and O–H groups in total. The number of methoxy groups -OCH3 is 2. The monoisotopic (exact) mass is 244 g/mol. The van der Waals surface area contributed by atoms with Crippen molar-refractivity contribution in [2.75, 3.05) is 14.2 Å². The number of hydrogen-bond donors (Lipinski definition) is 0. The highest BCUT2D eigenvalue weighted by molar-refractivity contribution is 5.79. The Labute approximate surface area is 109 Å². The van der Waals surface area contributed by atoms with Crippen molar-refractivity contribution in [3.05, 3.63) is 53.5 Å². The van der Waals surface area contributed by atoms with Crippen molar-refractivity contribution in [2.45, 2.75) is 20.3 Å². The Morgan fingerprint density at radius 1 is 1.00 bits per heavy atom. The minimum absolute atomic E-state index is 0.0819. The molecular formula is C16H20O2. The smallest absolute Gasteiger partial charge is 0.163 e. The molecule has 0 aromatic heterocycles. The lowest BCUT2D eigenvalue weighted by atomic mass is 9.80. The third kappa shape index (κ3) is 2.42. The average molecular weight is 244 g/mol. The molecular weight excluding hydrogens is 224 g/mol. The van der Waals surface area contributed by atoms with E-state index in [1.54, 1.807) is 14.2 Å². The van der Waals surface area contributed by atoms with E-state index >= 15 is 0 Å². The van der Waals surface area contributed by atoms with E-state index in [9.17, 15) is 0 Å². The zero-order valence-corrected chi connectivity index (χ0v) is 11.5. The van der Waals surface area contributed by atoms with Crippen molar-refractivity contribution < 1.29 is 9.47 Å². The highest BCUT2D eigenvalue weighted by atomic mass is 16.5. The standard InChI is InChI=1S/C16H20O2/c1-16(2)10-13(12-8-6-5-7-9-12)15(18-4)14(11-16)17-3/h5-10H,11H2,1-4H3. The topological polar surface area (TPSA) is 18.5 Å². The van der Waals surface area contributed by atoms with Crippen molar-refractivity contribution in [1.82, 2.24) is 0 Å². The molecule has 2 heteroatoms. The molecule has 0 amide bonds. The molecule has 2 nitrogen and oxygen atoms in total. The highest BCUT2D eigenvalue weighted by Gasteiger charge is 2.29. The van der Waals surface area contributed by atoms with Gasteiger partial charge in [-0.15, -0.1) is 0 Å². The molecule has 0 spiro atoms. The van der Waals surface area contributed by atoms with E-state index < -0.39 is 0 Å². The van der Waals surface area contributed by atoms with Crippen LogP contribution in [-0.2, 0) is 9.47 Å².